The highest BCUT2D eigenvalue weighted by atomic mass is 35.5. The third kappa shape index (κ3) is 4.09. The number of aryl methyl sites for hydroxylation is 1. The van der Waals surface area contributed by atoms with Crippen LogP contribution in [-0.2, 0) is 12.3 Å². The van der Waals surface area contributed by atoms with Gasteiger partial charge in [0.25, 0.3) is 5.56 Å². The van der Waals surface area contributed by atoms with Crippen LogP contribution in [-0.4, -0.2) is 18.9 Å². The average molecular weight is 447 g/mol. The number of hydrogen-bond donors (Lipinski definition) is 0. The minimum absolute atomic E-state index is 0.0751. The van der Waals surface area contributed by atoms with Gasteiger partial charge in [-0.05, 0) is 42.3 Å². The van der Waals surface area contributed by atoms with Crippen molar-refractivity contribution in [2.24, 2.45) is 0 Å². The van der Waals surface area contributed by atoms with Crippen LogP contribution < -0.4 is 5.56 Å². The van der Waals surface area contributed by atoms with Gasteiger partial charge in [-0.1, -0.05) is 59.8 Å². The summed E-state index contributed by atoms with van der Waals surface area (Å²) >= 11 is 7.76. The number of benzene rings is 2. The zero-order valence-corrected chi connectivity index (χ0v) is 18.4. The molecule has 5 nitrogen and oxygen atoms in total. The molecule has 2 aromatic carbocycles. The Balaban J connectivity index is 1.50. The quantitative estimate of drug-likeness (QED) is 0.342. The number of aromatic nitrogens is 4. The standard InChI is InChI=1S/C24H19ClN4OS/c1-16-7-10-22-26-19(12-23(30)29(22)13-16)15-31-24-27-20-11-18(25)8-9-21(20)28(24)14-17-5-3-2-4-6-17/h2-13H,14-15H2,1H3. The number of rotatable bonds is 5. The maximum Gasteiger partial charge on any atom is 0.258 e. The van der Waals surface area contributed by atoms with Crippen LogP contribution in [0.4, 0.5) is 0 Å². The molecule has 0 N–H and O–H groups in total. The Morgan fingerprint density at radius 1 is 1.00 bits per heavy atom. The second-order valence-electron chi connectivity index (χ2n) is 7.41. The lowest BCUT2D eigenvalue weighted by Crippen LogP contribution is -2.15. The van der Waals surface area contributed by atoms with Gasteiger partial charge in [0.1, 0.15) is 5.65 Å². The summed E-state index contributed by atoms with van der Waals surface area (Å²) in [6, 6.07) is 21.5. The summed E-state index contributed by atoms with van der Waals surface area (Å²) in [6.45, 7) is 2.66. The fraction of sp³-hybridized carbons (Fsp3) is 0.125. The number of nitrogens with zero attached hydrogens (tertiary/aromatic N) is 4. The summed E-state index contributed by atoms with van der Waals surface area (Å²) < 4.78 is 3.76. The zero-order chi connectivity index (χ0) is 21.4. The van der Waals surface area contributed by atoms with Crippen molar-refractivity contribution in [2.75, 3.05) is 0 Å². The van der Waals surface area contributed by atoms with Crippen LogP contribution in [0.3, 0.4) is 0 Å². The first-order valence-corrected chi connectivity index (χ1v) is 11.2. The van der Waals surface area contributed by atoms with Gasteiger partial charge in [-0.25, -0.2) is 9.97 Å². The minimum Gasteiger partial charge on any atom is -0.314 e. The highest BCUT2D eigenvalue weighted by Crippen LogP contribution is 2.29. The highest BCUT2D eigenvalue weighted by Gasteiger charge is 2.13. The van der Waals surface area contributed by atoms with E-state index in [-0.39, 0.29) is 5.56 Å². The van der Waals surface area contributed by atoms with E-state index in [1.807, 2.05) is 61.7 Å². The Hall–Kier alpha value is -3.09. The summed E-state index contributed by atoms with van der Waals surface area (Å²) in [5.41, 5.74) is 5.40. The Bertz CT molecular complexity index is 1460. The van der Waals surface area contributed by atoms with Crippen LogP contribution >= 0.6 is 23.4 Å². The highest BCUT2D eigenvalue weighted by molar-refractivity contribution is 7.98. The molecule has 5 rings (SSSR count). The minimum atomic E-state index is -0.0751. The SMILES string of the molecule is Cc1ccc2nc(CSc3nc4cc(Cl)ccc4n3Cc3ccccc3)cc(=O)n2c1. The van der Waals surface area contributed by atoms with Crippen LogP contribution in [0.15, 0.2) is 82.9 Å². The second-order valence-corrected chi connectivity index (χ2v) is 8.79. The molecule has 0 fully saturated rings. The predicted molar refractivity (Wildman–Crippen MR) is 126 cm³/mol. The van der Waals surface area contributed by atoms with Crippen molar-refractivity contribution < 1.29 is 0 Å². The number of halogens is 1. The number of thioether (sulfide) groups is 1. The summed E-state index contributed by atoms with van der Waals surface area (Å²) in [7, 11) is 0. The monoisotopic (exact) mass is 446 g/mol. The number of imidazole rings is 1. The van der Waals surface area contributed by atoms with E-state index in [0.29, 0.717) is 23.0 Å². The summed E-state index contributed by atoms with van der Waals surface area (Å²) in [4.78, 5) is 22.0. The van der Waals surface area contributed by atoms with Gasteiger partial charge >= 0.3 is 0 Å². The van der Waals surface area contributed by atoms with E-state index in [2.05, 4.69) is 21.7 Å². The molecule has 0 aliphatic carbocycles. The van der Waals surface area contributed by atoms with E-state index >= 15 is 0 Å². The molecule has 0 saturated carbocycles. The summed E-state index contributed by atoms with van der Waals surface area (Å²) in [5, 5.41) is 1.53. The Morgan fingerprint density at radius 2 is 1.84 bits per heavy atom. The normalized spacial score (nSPS) is 11.4. The molecule has 7 heteroatoms. The molecule has 5 aromatic rings. The molecule has 154 valence electrons. The van der Waals surface area contributed by atoms with Crippen molar-refractivity contribution in [3.63, 3.8) is 0 Å². The summed E-state index contributed by atoms with van der Waals surface area (Å²) in [5.74, 6) is 0.547. The molecule has 0 aliphatic heterocycles. The van der Waals surface area contributed by atoms with Crippen LogP contribution in [0.1, 0.15) is 16.8 Å². The molecule has 31 heavy (non-hydrogen) atoms. The maximum atomic E-state index is 12.5. The maximum absolute atomic E-state index is 12.5. The van der Waals surface area contributed by atoms with Crippen molar-refractivity contribution in [1.29, 1.82) is 0 Å². The van der Waals surface area contributed by atoms with Gasteiger partial charge in [0.15, 0.2) is 5.16 Å². The van der Waals surface area contributed by atoms with E-state index in [9.17, 15) is 4.79 Å². The molecule has 0 aliphatic rings. The van der Waals surface area contributed by atoms with E-state index in [1.54, 1.807) is 22.2 Å². The number of pyridine rings is 1. The zero-order valence-electron chi connectivity index (χ0n) is 16.8. The molecule has 3 aromatic heterocycles. The fourth-order valence-corrected chi connectivity index (χ4v) is 4.65. The lowest BCUT2D eigenvalue weighted by Gasteiger charge is -2.09. The first-order valence-electron chi connectivity index (χ1n) is 9.88. The van der Waals surface area contributed by atoms with Gasteiger partial charge in [0.05, 0.1) is 23.3 Å². The molecule has 0 saturated heterocycles. The van der Waals surface area contributed by atoms with Crippen molar-refractivity contribution >= 4 is 40.0 Å². The third-order valence-electron chi connectivity index (χ3n) is 5.07. The predicted octanol–water partition coefficient (Wildman–Crippen LogP) is 5.35. The van der Waals surface area contributed by atoms with Crippen molar-refractivity contribution in [3.8, 4) is 0 Å². The molecule has 0 radical (unpaired) electrons. The molecule has 0 bridgehead atoms. The first-order chi connectivity index (χ1) is 15.1. The van der Waals surface area contributed by atoms with Gasteiger partial charge in [-0.2, -0.15) is 0 Å². The second kappa shape index (κ2) is 8.21. The van der Waals surface area contributed by atoms with Crippen LogP contribution in [0.2, 0.25) is 5.02 Å². The Morgan fingerprint density at radius 3 is 2.68 bits per heavy atom. The number of hydrogen-bond acceptors (Lipinski definition) is 4. The molecule has 0 spiro atoms. The average Bonchev–Trinajstić information content (AvgIpc) is 3.10. The van der Waals surface area contributed by atoms with Crippen molar-refractivity contribution in [2.45, 2.75) is 24.4 Å². The molecule has 0 unspecified atom stereocenters. The van der Waals surface area contributed by atoms with Gasteiger partial charge in [0, 0.05) is 23.0 Å². The van der Waals surface area contributed by atoms with Crippen molar-refractivity contribution in [1.82, 2.24) is 18.9 Å². The van der Waals surface area contributed by atoms with E-state index < -0.39 is 0 Å². The first kappa shape index (κ1) is 19.8. The summed E-state index contributed by atoms with van der Waals surface area (Å²) in [6.07, 6.45) is 1.81. The largest absolute Gasteiger partial charge is 0.314 e. The fourth-order valence-electron chi connectivity index (χ4n) is 3.58. The Labute approximate surface area is 188 Å². The van der Waals surface area contributed by atoms with Crippen LogP contribution in [0.5, 0.6) is 0 Å². The third-order valence-corrected chi connectivity index (χ3v) is 6.31. The van der Waals surface area contributed by atoms with Gasteiger partial charge in [-0.3, -0.25) is 9.20 Å². The molecular formula is C24H19ClN4OS. The van der Waals surface area contributed by atoms with E-state index in [4.69, 9.17) is 16.6 Å². The topological polar surface area (TPSA) is 52.2 Å². The lowest BCUT2D eigenvalue weighted by molar-refractivity contribution is 0.731. The lowest BCUT2D eigenvalue weighted by atomic mass is 10.2. The molecule has 0 atom stereocenters. The van der Waals surface area contributed by atoms with Crippen molar-refractivity contribution in [3.05, 3.63) is 105 Å². The van der Waals surface area contributed by atoms with E-state index in [1.165, 1.54) is 5.56 Å². The van der Waals surface area contributed by atoms with Crippen LogP contribution in [0.25, 0.3) is 16.7 Å². The smallest absolute Gasteiger partial charge is 0.258 e. The van der Waals surface area contributed by atoms with Crippen LogP contribution in [0, 0.1) is 6.92 Å². The Kier molecular flexibility index (Phi) is 5.26. The number of fused-ring (bicyclic) bond motifs is 2. The molecule has 3 heterocycles. The molecular weight excluding hydrogens is 428 g/mol. The van der Waals surface area contributed by atoms with Gasteiger partial charge in [-0.15, -0.1) is 0 Å². The van der Waals surface area contributed by atoms with Gasteiger partial charge in [0.2, 0.25) is 0 Å². The van der Waals surface area contributed by atoms with E-state index in [0.717, 1.165) is 27.4 Å². The molecule has 0 amide bonds. The van der Waals surface area contributed by atoms with Gasteiger partial charge < -0.3 is 4.57 Å².